The zero-order valence-corrected chi connectivity index (χ0v) is 29.5. The summed E-state index contributed by atoms with van der Waals surface area (Å²) in [6, 6.07) is 3.39. The highest BCUT2D eigenvalue weighted by Crippen LogP contribution is 2.43. The van der Waals surface area contributed by atoms with Gasteiger partial charge in [-0.25, -0.2) is 4.79 Å². The van der Waals surface area contributed by atoms with Gasteiger partial charge in [0.15, 0.2) is 5.79 Å². The Balaban J connectivity index is 1.53. The fourth-order valence-corrected chi connectivity index (χ4v) is 7.82. The second-order valence-electron chi connectivity index (χ2n) is 14.7. The highest BCUT2D eigenvalue weighted by atomic mass is 16.7. The Labute approximate surface area is 281 Å². The molecule has 1 aromatic carbocycles. The molecule has 3 fully saturated rings. The van der Waals surface area contributed by atoms with Crippen LogP contribution in [0.4, 0.5) is 0 Å². The van der Waals surface area contributed by atoms with Gasteiger partial charge in [0.25, 0.3) is 0 Å². The van der Waals surface area contributed by atoms with Crippen LogP contribution in [0.2, 0.25) is 0 Å². The molecule has 0 radical (unpaired) electrons. The van der Waals surface area contributed by atoms with Gasteiger partial charge < -0.3 is 33.9 Å². The van der Waals surface area contributed by atoms with Crippen molar-refractivity contribution in [3.63, 3.8) is 0 Å². The van der Waals surface area contributed by atoms with E-state index in [1.54, 1.807) is 26.2 Å². The summed E-state index contributed by atoms with van der Waals surface area (Å²) in [5, 5.41) is 21.1. The second kappa shape index (κ2) is 15.0. The molecule has 2 bridgehead atoms. The van der Waals surface area contributed by atoms with E-state index in [0.717, 1.165) is 24.8 Å². The van der Waals surface area contributed by atoms with Crippen molar-refractivity contribution >= 4 is 11.5 Å². The molecule has 4 aliphatic heterocycles. The summed E-state index contributed by atoms with van der Waals surface area (Å²) in [7, 11) is 1.69. The van der Waals surface area contributed by atoms with Crippen LogP contribution in [-0.2, 0) is 23.7 Å². The SMILES string of the molecule is COC1CC(O)C(C)OC1CC1C(C)=CCC2CC(CC3(CCC(C)C(C)O3)O2)OC(=O)c2cc(C)c(O)cc2C(C)=CC=CC1C. The molecule has 0 aromatic heterocycles. The lowest BCUT2D eigenvalue weighted by Gasteiger charge is -2.49. The van der Waals surface area contributed by atoms with Crippen LogP contribution in [0.15, 0.2) is 42.0 Å². The molecule has 1 aromatic rings. The molecule has 0 aliphatic carbocycles. The molecule has 5 rings (SSSR count). The van der Waals surface area contributed by atoms with Crippen molar-refractivity contribution in [3.05, 3.63) is 58.7 Å². The monoisotopic (exact) mass is 652 g/mol. The lowest BCUT2D eigenvalue weighted by atomic mass is 9.80. The molecule has 4 aliphatic rings. The van der Waals surface area contributed by atoms with Gasteiger partial charge in [0.1, 0.15) is 11.9 Å². The van der Waals surface area contributed by atoms with Crippen molar-refractivity contribution in [2.45, 2.75) is 142 Å². The number of fused-ring (bicyclic) bond motifs is 3. The summed E-state index contributed by atoms with van der Waals surface area (Å²) < 4.78 is 31.8. The van der Waals surface area contributed by atoms with Crippen LogP contribution in [0, 0.1) is 24.7 Å². The number of allylic oxidation sites excluding steroid dienone is 5. The zero-order chi connectivity index (χ0) is 34.0. The summed E-state index contributed by atoms with van der Waals surface area (Å²) in [4.78, 5) is 13.8. The third-order valence-electron chi connectivity index (χ3n) is 11.2. The number of phenols is 1. The van der Waals surface area contributed by atoms with Crippen molar-refractivity contribution < 1.29 is 38.7 Å². The number of esters is 1. The number of methoxy groups -OCH3 is 1. The number of aromatic hydroxyl groups is 1. The molecule has 11 atom stereocenters. The van der Waals surface area contributed by atoms with Crippen molar-refractivity contribution in [2.75, 3.05) is 7.11 Å². The number of phenolic OH excluding ortho intramolecular Hbond substituents is 1. The smallest absolute Gasteiger partial charge is 0.339 e. The predicted molar refractivity (Wildman–Crippen MR) is 182 cm³/mol. The van der Waals surface area contributed by atoms with Gasteiger partial charge in [0.05, 0.1) is 42.2 Å². The number of rotatable bonds is 3. The van der Waals surface area contributed by atoms with Crippen LogP contribution in [0.5, 0.6) is 5.75 Å². The Morgan fingerprint density at radius 2 is 1.77 bits per heavy atom. The van der Waals surface area contributed by atoms with E-state index in [1.807, 2.05) is 26.0 Å². The first-order valence-corrected chi connectivity index (χ1v) is 17.6. The Morgan fingerprint density at radius 3 is 2.49 bits per heavy atom. The summed E-state index contributed by atoms with van der Waals surface area (Å²) in [6.07, 6.45) is 11.6. The largest absolute Gasteiger partial charge is 0.508 e. The molecule has 8 heteroatoms. The van der Waals surface area contributed by atoms with Gasteiger partial charge >= 0.3 is 5.97 Å². The van der Waals surface area contributed by atoms with Crippen LogP contribution in [0.25, 0.3) is 5.57 Å². The number of aliphatic hydroxyl groups excluding tert-OH is 1. The molecule has 4 heterocycles. The average molecular weight is 653 g/mol. The molecule has 2 N–H and O–H groups in total. The minimum absolute atomic E-state index is 0.0373. The van der Waals surface area contributed by atoms with Crippen LogP contribution < -0.4 is 0 Å². The van der Waals surface area contributed by atoms with Crippen molar-refractivity contribution in [2.24, 2.45) is 17.8 Å². The lowest BCUT2D eigenvalue weighted by molar-refractivity contribution is -0.331. The van der Waals surface area contributed by atoms with Gasteiger partial charge in [0.2, 0.25) is 0 Å². The van der Waals surface area contributed by atoms with Gasteiger partial charge in [-0.2, -0.15) is 0 Å². The first-order valence-electron chi connectivity index (χ1n) is 17.6. The van der Waals surface area contributed by atoms with Crippen LogP contribution >= 0.6 is 0 Å². The summed E-state index contributed by atoms with van der Waals surface area (Å²) >= 11 is 0. The lowest BCUT2D eigenvalue weighted by Crippen LogP contribution is -2.53. The Morgan fingerprint density at radius 1 is 1.00 bits per heavy atom. The maximum atomic E-state index is 13.8. The van der Waals surface area contributed by atoms with Crippen molar-refractivity contribution in [3.8, 4) is 5.75 Å². The van der Waals surface area contributed by atoms with Gasteiger partial charge in [-0.1, -0.05) is 43.7 Å². The maximum Gasteiger partial charge on any atom is 0.339 e. The summed E-state index contributed by atoms with van der Waals surface area (Å²) in [5.74, 6) is -0.338. The van der Waals surface area contributed by atoms with Gasteiger partial charge in [0, 0.05) is 32.8 Å². The standard InChI is InChI=1S/C39H56O8/c1-22-14-15-39(46-27(22)6)21-30-17-29(47-39)13-12-25(4)31(19-37-36(43-8)20-35(41)28(7)44-37)23(2)10-9-11-24(3)32-18-34(40)26(5)16-33(32)38(42)45-30/h9-12,16,18,22-23,27-31,35-37,40-41H,13-15,17,19-21H2,1-8H3. The van der Waals surface area contributed by atoms with E-state index in [0.29, 0.717) is 48.3 Å². The molecule has 1 spiro atoms. The minimum atomic E-state index is -0.801. The Bertz CT molecular complexity index is 1360. The fraction of sp³-hybridized carbons (Fsp3) is 0.667. The molecular formula is C39H56O8. The molecule has 47 heavy (non-hydrogen) atoms. The van der Waals surface area contributed by atoms with Gasteiger partial charge in [-0.05, 0) is 100 Å². The van der Waals surface area contributed by atoms with E-state index in [2.05, 4.69) is 39.8 Å². The summed E-state index contributed by atoms with van der Waals surface area (Å²) in [6.45, 7) is 14.4. The van der Waals surface area contributed by atoms with E-state index in [1.165, 1.54) is 5.57 Å². The van der Waals surface area contributed by atoms with Crippen LogP contribution in [-0.4, -0.2) is 71.8 Å². The van der Waals surface area contributed by atoms with Gasteiger partial charge in [-0.15, -0.1) is 0 Å². The first-order chi connectivity index (χ1) is 22.3. The molecule has 0 saturated carbocycles. The second-order valence-corrected chi connectivity index (χ2v) is 14.7. The van der Waals surface area contributed by atoms with Gasteiger partial charge in [-0.3, -0.25) is 0 Å². The normalized spacial score (nSPS) is 38.7. The molecule has 8 nitrogen and oxygen atoms in total. The van der Waals surface area contributed by atoms with E-state index in [-0.39, 0.29) is 54.2 Å². The van der Waals surface area contributed by atoms with E-state index in [9.17, 15) is 15.0 Å². The Kier molecular flexibility index (Phi) is 11.4. The number of hydrogen-bond acceptors (Lipinski definition) is 8. The predicted octanol–water partition coefficient (Wildman–Crippen LogP) is 7.44. The molecule has 3 saturated heterocycles. The quantitative estimate of drug-likeness (QED) is 0.257. The van der Waals surface area contributed by atoms with Crippen molar-refractivity contribution in [1.82, 2.24) is 0 Å². The maximum absolute atomic E-state index is 13.8. The number of ether oxygens (including phenoxy) is 5. The minimum Gasteiger partial charge on any atom is -0.508 e. The summed E-state index contributed by atoms with van der Waals surface area (Å²) in [5.41, 5.74) is 3.80. The third kappa shape index (κ3) is 8.22. The van der Waals surface area contributed by atoms with E-state index < -0.39 is 17.9 Å². The Hall–Kier alpha value is -2.49. The number of carbonyl (C=O) groups excluding carboxylic acids is 1. The highest BCUT2D eigenvalue weighted by molar-refractivity contribution is 5.96. The molecule has 11 unspecified atom stereocenters. The highest BCUT2D eigenvalue weighted by Gasteiger charge is 2.48. The molecule has 0 amide bonds. The fourth-order valence-electron chi connectivity index (χ4n) is 7.82. The topological polar surface area (TPSA) is 104 Å². The van der Waals surface area contributed by atoms with E-state index in [4.69, 9.17) is 23.7 Å². The molecule has 260 valence electrons. The first kappa shape index (κ1) is 35.8. The number of hydrogen-bond donors (Lipinski definition) is 2. The number of aryl methyl sites for hydroxylation is 1. The average Bonchev–Trinajstić information content (AvgIpc) is 3.02. The zero-order valence-electron chi connectivity index (χ0n) is 29.5. The molecular weight excluding hydrogens is 596 g/mol. The number of benzene rings is 1. The van der Waals surface area contributed by atoms with Crippen LogP contribution in [0.1, 0.15) is 108 Å². The third-order valence-corrected chi connectivity index (χ3v) is 11.2. The number of aliphatic hydroxyl groups is 1. The van der Waals surface area contributed by atoms with Crippen LogP contribution in [0.3, 0.4) is 0 Å². The number of carbonyl (C=O) groups is 1. The van der Waals surface area contributed by atoms with Crippen molar-refractivity contribution in [1.29, 1.82) is 0 Å². The van der Waals surface area contributed by atoms with E-state index >= 15 is 0 Å².